The van der Waals surface area contributed by atoms with Gasteiger partial charge in [0.05, 0.1) is 13.7 Å². The molecule has 23 heavy (non-hydrogen) atoms. The van der Waals surface area contributed by atoms with Crippen molar-refractivity contribution in [1.82, 2.24) is 10.3 Å². The molecule has 2 aromatic rings. The molecule has 7 nitrogen and oxygen atoms in total. The second-order valence-electron chi connectivity index (χ2n) is 4.64. The molecule has 0 spiro atoms. The molecular weight excluding hydrogens is 338 g/mol. The van der Waals surface area contributed by atoms with Crippen molar-refractivity contribution in [3.8, 4) is 5.88 Å². The van der Waals surface area contributed by atoms with Crippen LogP contribution in [0.3, 0.4) is 0 Å². The van der Waals surface area contributed by atoms with E-state index in [4.69, 9.17) is 4.74 Å². The summed E-state index contributed by atoms with van der Waals surface area (Å²) in [6.45, 7) is 1.71. The third-order valence-corrected chi connectivity index (χ3v) is 6.32. The monoisotopic (exact) mass is 355 g/mol. The Hall–Kier alpha value is -2.13. The van der Waals surface area contributed by atoms with Gasteiger partial charge >= 0.3 is 0 Å². The van der Waals surface area contributed by atoms with Gasteiger partial charge < -0.3 is 10.1 Å². The first-order valence-electron chi connectivity index (χ1n) is 6.67. The van der Waals surface area contributed by atoms with Crippen LogP contribution in [0.5, 0.6) is 5.88 Å². The number of amides is 1. The van der Waals surface area contributed by atoms with Gasteiger partial charge in [-0.3, -0.25) is 9.10 Å². The molecule has 2 rings (SSSR count). The molecule has 9 heteroatoms. The highest BCUT2D eigenvalue weighted by atomic mass is 32.2. The van der Waals surface area contributed by atoms with Crippen LogP contribution in [-0.2, 0) is 21.4 Å². The van der Waals surface area contributed by atoms with Crippen molar-refractivity contribution in [3.05, 3.63) is 35.2 Å². The smallest absolute Gasteiger partial charge is 0.274 e. The summed E-state index contributed by atoms with van der Waals surface area (Å²) in [6, 6.07) is 8.10. The zero-order valence-corrected chi connectivity index (χ0v) is 14.6. The highest BCUT2D eigenvalue weighted by Gasteiger charge is 2.24. The third kappa shape index (κ3) is 3.99. The molecule has 0 unspecified atom stereocenters. The van der Waals surface area contributed by atoms with Gasteiger partial charge in [0.1, 0.15) is 10.0 Å². The van der Waals surface area contributed by atoms with Crippen LogP contribution in [-0.4, -0.2) is 33.5 Å². The topological polar surface area (TPSA) is 88.6 Å². The van der Waals surface area contributed by atoms with Gasteiger partial charge in [0, 0.05) is 24.9 Å². The molecule has 0 saturated heterocycles. The van der Waals surface area contributed by atoms with Crippen LogP contribution in [0.15, 0.2) is 34.5 Å². The number of pyridine rings is 1. The van der Waals surface area contributed by atoms with Crippen LogP contribution >= 0.6 is 11.3 Å². The molecule has 0 radical (unpaired) electrons. The standard InChI is InChI=1S/C14H17N3O4S2/c1-10(18)15-9-11-7-8-14(22-11)23(19,20)17(2)12-5-4-6-13(16-12)21-3/h4-8H,9H2,1-3H3,(H,15,18). The summed E-state index contributed by atoms with van der Waals surface area (Å²) >= 11 is 1.11. The van der Waals surface area contributed by atoms with Gasteiger partial charge in [-0.15, -0.1) is 11.3 Å². The molecule has 0 fully saturated rings. The fourth-order valence-corrected chi connectivity index (χ4v) is 4.37. The van der Waals surface area contributed by atoms with Crippen LogP contribution in [0.2, 0.25) is 0 Å². The van der Waals surface area contributed by atoms with Gasteiger partial charge in [-0.05, 0) is 18.2 Å². The summed E-state index contributed by atoms with van der Waals surface area (Å²) in [7, 11) is -0.812. The van der Waals surface area contributed by atoms with E-state index in [2.05, 4.69) is 10.3 Å². The predicted molar refractivity (Wildman–Crippen MR) is 88.2 cm³/mol. The Bertz CT molecular complexity index is 802. The lowest BCUT2D eigenvalue weighted by molar-refractivity contribution is -0.119. The summed E-state index contributed by atoms with van der Waals surface area (Å²) in [4.78, 5) is 15.8. The van der Waals surface area contributed by atoms with E-state index < -0.39 is 10.0 Å². The van der Waals surface area contributed by atoms with Crippen LogP contribution in [0.4, 0.5) is 5.82 Å². The average molecular weight is 355 g/mol. The first kappa shape index (κ1) is 17.2. The van der Waals surface area contributed by atoms with Crippen molar-refractivity contribution in [2.24, 2.45) is 0 Å². The largest absolute Gasteiger partial charge is 0.481 e. The Labute approximate surface area is 139 Å². The van der Waals surface area contributed by atoms with E-state index >= 15 is 0 Å². The lowest BCUT2D eigenvalue weighted by Gasteiger charge is -2.17. The Balaban J connectivity index is 2.24. The van der Waals surface area contributed by atoms with Gasteiger partial charge in [-0.2, -0.15) is 4.98 Å². The number of carbonyl (C=O) groups excluding carboxylic acids is 1. The van der Waals surface area contributed by atoms with Crippen molar-refractivity contribution in [2.75, 3.05) is 18.5 Å². The van der Waals surface area contributed by atoms with E-state index in [1.807, 2.05) is 0 Å². The van der Waals surface area contributed by atoms with Crippen molar-refractivity contribution in [2.45, 2.75) is 17.7 Å². The molecule has 2 aromatic heterocycles. The number of nitrogens with one attached hydrogen (secondary N) is 1. The fraction of sp³-hybridized carbons (Fsp3) is 0.286. The Morgan fingerprint density at radius 1 is 1.35 bits per heavy atom. The van der Waals surface area contributed by atoms with Crippen LogP contribution in [0.1, 0.15) is 11.8 Å². The second-order valence-corrected chi connectivity index (χ2v) is 8.01. The van der Waals surface area contributed by atoms with Crippen molar-refractivity contribution in [3.63, 3.8) is 0 Å². The van der Waals surface area contributed by atoms with E-state index in [1.165, 1.54) is 27.1 Å². The summed E-state index contributed by atoms with van der Waals surface area (Å²) in [6.07, 6.45) is 0. The van der Waals surface area contributed by atoms with Crippen LogP contribution in [0.25, 0.3) is 0 Å². The molecule has 0 aliphatic carbocycles. The van der Waals surface area contributed by atoms with Gasteiger partial charge in [0.15, 0.2) is 0 Å². The van der Waals surface area contributed by atoms with E-state index in [0.717, 1.165) is 20.5 Å². The second kappa shape index (κ2) is 6.97. The summed E-state index contributed by atoms with van der Waals surface area (Å²) < 4.78 is 31.6. The van der Waals surface area contributed by atoms with E-state index in [1.54, 1.807) is 24.3 Å². The normalized spacial score (nSPS) is 11.1. The number of rotatable bonds is 6. The number of hydrogen-bond donors (Lipinski definition) is 1. The Morgan fingerprint density at radius 3 is 2.74 bits per heavy atom. The Morgan fingerprint density at radius 2 is 2.09 bits per heavy atom. The maximum Gasteiger partial charge on any atom is 0.274 e. The lowest BCUT2D eigenvalue weighted by atomic mass is 10.4. The molecule has 0 bridgehead atoms. The number of nitrogens with zero attached hydrogens (tertiary/aromatic N) is 2. The SMILES string of the molecule is COc1cccc(N(C)S(=O)(=O)c2ccc(CNC(C)=O)s2)n1. The molecule has 0 atom stereocenters. The zero-order chi connectivity index (χ0) is 17.0. The Kier molecular flexibility index (Phi) is 5.22. The molecule has 124 valence electrons. The number of carbonyl (C=O) groups is 1. The highest BCUT2D eigenvalue weighted by molar-refractivity contribution is 7.94. The summed E-state index contributed by atoms with van der Waals surface area (Å²) in [5.74, 6) is 0.434. The number of aromatic nitrogens is 1. The summed E-state index contributed by atoms with van der Waals surface area (Å²) in [5, 5.41) is 2.64. The van der Waals surface area contributed by atoms with E-state index in [-0.39, 0.29) is 15.9 Å². The molecule has 0 saturated carbocycles. The maximum absolute atomic E-state index is 12.7. The minimum Gasteiger partial charge on any atom is -0.481 e. The van der Waals surface area contributed by atoms with Crippen molar-refractivity contribution < 1.29 is 17.9 Å². The molecule has 0 aromatic carbocycles. The predicted octanol–water partition coefficient (Wildman–Crippen LogP) is 1.61. The van der Waals surface area contributed by atoms with Gasteiger partial charge in [0.25, 0.3) is 10.0 Å². The first-order valence-corrected chi connectivity index (χ1v) is 8.93. The number of sulfonamides is 1. The fourth-order valence-electron chi connectivity index (χ4n) is 1.75. The van der Waals surface area contributed by atoms with Crippen molar-refractivity contribution >= 4 is 33.1 Å². The lowest BCUT2D eigenvalue weighted by Crippen LogP contribution is -2.26. The van der Waals surface area contributed by atoms with E-state index in [0.29, 0.717) is 12.4 Å². The number of hydrogen-bond acceptors (Lipinski definition) is 6. The number of anilines is 1. The first-order chi connectivity index (χ1) is 10.8. The molecule has 2 heterocycles. The minimum absolute atomic E-state index is 0.166. The molecule has 0 aliphatic heterocycles. The quantitative estimate of drug-likeness (QED) is 0.850. The highest BCUT2D eigenvalue weighted by Crippen LogP contribution is 2.27. The van der Waals surface area contributed by atoms with Crippen LogP contribution < -0.4 is 14.4 Å². The third-order valence-electron chi connectivity index (χ3n) is 3.00. The number of ether oxygens (including phenoxy) is 1. The number of thiophene rings is 1. The van der Waals surface area contributed by atoms with E-state index in [9.17, 15) is 13.2 Å². The zero-order valence-electron chi connectivity index (χ0n) is 12.9. The molecule has 1 N–H and O–H groups in total. The minimum atomic E-state index is -3.71. The number of methoxy groups -OCH3 is 1. The summed E-state index contributed by atoms with van der Waals surface area (Å²) in [5.41, 5.74) is 0. The van der Waals surface area contributed by atoms with Gasteiger partial charge in [-0.1, -0.05) is 6.07 Å². The molecule has 1 amide bonds. The van der Waals surface area contributed by atoms with Crippen LogP contribution in [0, 0.1) is 0 Å². The average Bonchev–Trinajstić information content (AvgIpc) is 3.02. The molecule has 0 aliphatic rings. The van der Waals surface area contributed by atoms with Gasteiger partial charge in [0.2, 0.25) is 11.8 Å². The van der Waals surface area contributed by atoms with Gasteiger partial charge in [-0.25, -0.2) is 8.42 Å². The van der Waals surface area contributed by atoms with Crippen molar-refractivity contribution in [1.29, 1.82) is 0 Å². The molecular formula is C14H17N3O4S2. The maximum atomic E-state index is 12.7.